The molecule has 1 aliphatic rings. The van der Waals surface area contributed by atoms with E-state index in [0.29, 0.717) is 12.1 Å². The average molecular weight is 325 g/mol. The second kappa shape index (κ2) is 7.30. The molecule has 1 fully saturated rings. The number of hydrogen-bond donors (Lipinski definition) is 2. The second-order valence-corrected chi connectivity index (χ2v) is 6.66. The van der Waals surface area contributed by atoms with E-state index in [9.17, 15) is 0 Å². The van der Waals surface area contributed by atoms with Crippen molar-refractivity contribution in [1.82, 2.24) is 5.32 Å². The maximum atomic E-state index is 3.68. The van der Waals surface area contributed by atoms with E-state index in [2.05, 4.69) is 58.6 Å². The van der Waals surface area contributed by atoms with Gasteiger partial charge in [0.15, 0.2) is 0 Å². The van der Waals surface area contributed by atoms with Gasteiger partial charge < -0.3 is 10.6 Å². The molecule has 1 saturated heterocycles. The number of aryl methyl sites for hydroxylation is 1. The standard InChI is InChI=1S/C16H25BrN2/c1-12-7-8-14(17)11-16(12)19-13(2)10-15-6-4-3-5-9-18-15/h7-8,11,13,15,18-19H,3-6,9-10H2,1-2H3. The molecule has 2 nitrogen and oxygen atoms in total. The summed E-state index contributed by atoms with van der Waals surface area (Å²) >= 11 is 3.54. The fourth-order valence-corrected chi connectivity index (χ4v) is 3.16. The van der Waals surface area contributed by atoms with E-state index in [4.69, 9.17) is 0 Å². The molecule has 0 aliphatic carbocycles. The van der Waals surface area contributed by atoms with E-state index in [-0.39, 0.29) is 0 Å². The first-order valence-corrected chi connectivity index (χ1v) is 8.20. The highest BCUT2D eigenvalue weighted by Crippen LogP contribution is 2.22. The fourth-order valence-electron chi connectivity index (χ4n) is 2.80. The Hall–Kier alpha value is -0.540. The van der Waals surface area contributed by atoms with E-state index in [0.717, 1.165) is 4.47 Å². The van der Waals surface area contributed by atoms with Crippen LogP contribution in [-0.2, 0) is 0 Å². The normalized spacial score (nSPS) is 21.7. The summed E-state index contributed by atoms with van der Waals surface area (Å²) in [6.45, 7) is 5.63. The van der Waals surface area contributed by atoms with Gasteiger partial charge >= 0.3 is 0 Å². The van der Waals surface area contributed by atoms with Crippen LogP contribution in [0.25, 0.3) is 0 Å². The van der Waals surface area contributed by atoms with Crippen LogP contribution in [0.1, 0.15) is 44.6 Å². The van der Waals surface area contributed by atoms with Gasteiger partial charge in [-0.2, -0.15) is 0 Å². The summed E-state index contributed by atoms with van der Waals surface area (Å²) in [6.07, 6.45) is 6.62. The number of rotatable bonds is 4. The van der Waals surface area contributed by atoms with Gasteiger partial charge in [0.2, 0.25) is 0 Å². The molecule has 2 N–H and O–H groups in total. The molecule has 1 aromatic carbocycles. The minimum Gasteiger partial charge on any atom is -0.382 e. The van der Waals surface area contributed by atoms with Gasteiger partial charge in [0.05, 0.1) is 0 Å². The Balaban J connectivity index is 1.89. The molecule has 2 atom stereocenters. The van der Waals surface area contributed by atoms with E-state index < -0.39 is 0 Å². The molecule has 0 spiro atoms. The lowest BCUT2D eigenvalue weighted by atomic mass is 10.0. The monoisotopic (exact) mass is 324 g/mol. The molecule has 0 aromatic heterocycles. The number of anilines is 1. The Kier molecular flexibility index (Phi) is 5.71. The number of halogens is 1. The van der Waals surface area contributed by atoms with Gasteiger partial charge in [-0.15, -0.1) is 0 Å². The van der Waals surface area contributed by atoms with Crippen molar-refractivity contribution < 1.29 is 0 Å². The topological polar surface area (TPSA) is 24.1 Å². The molecule has 1 heterocycles. The molecule has 106 valence electrons. The summed E-state index contributed by atoms with van der Waals surface area (Å²) < 4.78 is 1.14. The van der Waals surface area contributed by atoms with Crippen molar-refractivity contribution >= 4 is 21.6 Å². The molecular formula is C16H25BrN2. The predicted molar refractivity (Wildman–Crippen MR) is 86.8 cm³/mol. The highest BCUT2D eigenvalue weighted by atomic mass is 79.9. The molecule has 0 amide bonds. The highest BCUT2D eigenvalue weighted by Gasteiger charge is 2.15. The fraction of sp³-hybridized carbons (Fsp3) is 0.625. The lowest BCUT2D eigenvalue weighted by Gasteiger charge is -2.23. The molecular weight excluding hydrogens is 300 g/mol. The SMILES string of the molecule is Cc1ccc(Br)cc1NC(C)CC1CCCCCN1. The van der Waals surface area contributed by atoms with Crippen molar-refractivity contribution in [1.29, 1.82) is 0 Å². The van der Waals surface area contributed by atoms with Gasteiger partial charge in [-0.05, 0) is 57.4 Å². The summed E-state index contributed by atoms with van der Waals surface area (Å²) in [5, 5.41) is 7.32. The Labute approximate surface area is 125 Å². The Morgan fingerprint density at radius 3 is 3.05 bits per heavy atom. The molecule has 2 unspecified atom stereocenters. The first kappa shape index (κ1) is 14.9. The van der Waals surface area contributed by atoms with Gasteiger partial charge in [0, 0.05) is 22.2 Å². The van der Waals surface area contributed by atoms with Crippen molar-refractivity contribution in [3.8, 4) is 0 Å². The van der Waals surface area contributed by atoms with Crippen molar-refractivity contribution in [2.24, 2.45) is 0 Å². The maximum Gasteiger partial charge on any atom is 0.0383 e. The summed E-state index contributed by atoms with van der Waals surface area (Å²) in [4.78, 5) is 0. The number of hydrogen-bond acceptors (Lipinski definition) is 2. The zero-order valence-electron chi connectivity index (χ0n) is 12.0. The van der Waals surface area contributed by atoms with Crippen LogP contribution in [-0.4, -0.2) is 18.6 Å². The summed E-state index contributed by atoms with van der Waals surface area (Å²) in [6, 6.07) is 7.61. The Morgan fingerprint density at radius 1 is 1.37 bits per heavy atom. The summed E-state index contributed by atoms with van der Waals surface area (Å²) in [5.41, 5.74) is 2.55. The van der Waals surface area contributed by atoms with Crippen molar-refractivity contribution in [2.45, 2.75) is 58.0 Å². The molecule has 0 bridgehead atoms. The number of benzene rings is 1. The van der Waals surface area contributed by atoms with Gasteiger partial charge in [-0.3, -0.25) is 0 Å². The lowest BCUT2D eigenvalue weighted by Crippen LogP contribution is -2.33. The van der Waals surface area contributed by atoms with Gasteiger partial charge in [0.25, 0.3) is 0 Å². The molecule has 19 heavy (non-hydrogen) atoms. The van der Waals surface area contributed by atoms with Crippen molar-refractivity contribution in [3.05, 3.63) is 28.2 Å². The van der Waals surface area contributed by atoms with Crippen LogP contribution in [0.15, 0.2) is 22.7 Å². The van der Waals surface area contributed by atoms with E-state index in [1.807, 2.05) is 0 Å². The predicted octanol–water partition coefficient (Wildman–Crippen LogP) is 4.48. The minimum absolute atomic E-state index is 0.503. The lowest BCUT2D eigenvalue weighted by molar-refractivity contribution is 0.456. The summed E-state index contributed by atoms with van der Waals surface area (Å²) in [7, 11) is 0. The van der Waals surface area contributed by atoms with Crippen LogP contribution in [0.4, 0.5) is 5.69 Å². The highest BCUT2D eigenvalue weighted by molar-refractivity contribution is 9.10. The van der Waals surface area contributed by atoms with Gasteiger partial charge in [-0.1, -0.05) is 34.8 Å². The summed E-state index contributed by atoms with van der Waals surface area (Å²) in [5.74, 6) is 0. The van der Waals surface area contributed by atoms with E-state index in [1.165, 1.54) is 49.9 Å². The van der Waals surface area contributed by atoms with Crippen LogP contribution < -0.4 is 10.6 Å². The van der Waals surface area contributed by atoms with Crippen molar-refractivity contribution in [3.63, 3.8) is 0 Å². The Morgan fingerprint density at radius 2 is 2.21 bits per heavy atom. The van der Waals surface area contributed by atoms with Crippen LogP contribution >= 0.6 is 15.9 Å². The molecule has 2 rings (SSSR count). The van der Waals surface area contributed by atoms with Gasteiger partial charge in [-0.25, -0.2) is 0 Å². The smallest absolute Gasteiger partial charge is 0.0383 e. The van der Waals surface area contributed by atoms with Crippen molar-refractivity contribution in [2.75, 3.05) is 11.9 Å². The first-order chi connectivity index (χ1) is 9.15. The second-order valence-electron chi connectivity index (χ2n) is 5.74. The van der Waals surface area contributed by atoms with Crippen LogP contribution in [0.5, 0.6) is 0 Å². The third-order valence-corrected chi connectivity index (χ3v) is 4.40. The Bertz CT molecular complexity index is 398. The van der Waals surface area contributed by atoms with Crippen LogP contribution in [0.3, 0.4) is 0 Å². The molecule has 1 aromatic rings. The molecule has 1 aliphatic heterocycles. The van der Waals surface area contributed by atoms with Crippen LogP contribution in [0.2, 0.25) is 0 Å². The minimum atomic E-state index is 0.503. The molecule has 0 radical (unpaired) electrons. The maximum absolute atomic E-state index is 3.68. The number of nitrogens with one attached hydrogen (secondary N) is 2. The van der Waals surface area contributed by atoms with Crippen LogP contribution in [0, 0.1) is 6.92 Å². The molecule has 3 heteroatoms. The van der Waals surface area contributed by atoms with E-state index >= 15 is 0 Å². The van der Waals surface area contributed by atoms with E-state index in [1.54, 1.807) is 0 Å². The third kappa shape index (κ3) is 4.81. The van der Waals surface area contributed by atoms with Gasteiger partial charge in [0.1, 0.15) is 0 Å². The zero-order chi connectivity index (χ0) is 13.7. The third-order valence-electron chi connectivity index (χ3n) is 3.90. The first-order valence-electron chi connectivity index (χ1n) is 7.41. The largest absolute Gasteiger partial charge is 0.382 e. The zero-order valence-corrected chi connectivity index (χ0v) is 13.6. The quantitative estimate of drug-likeness (QED) is 0.853. The average Bonchev–Trinajstić information content (AvgIpc) is 2.62. The molecule has 0 saturated carbocycles.